The molecule has 0 aromatic heterocycles. The second-order valence-electron chi connectivity index (χ2n) is 16.9. The summed E-state index contributed by atoms with van der Waals surface area (Å²) in [6.07, 6.45) is 35.5. The number of carbonyl (C=O) groups is 2. The zero-order chi connectivity index (χ0) is 47.1. The Morgan fingerprint density at radius 1 is 0.500 bits per heavy atom. The summed E-state index contributed by atoms with van der Waals surface area (Å²) < 4.78 is 33.6. The van der Waals surface area contributed by atoms with E-state index < -0.39 is 75.7 Å². The van der Waals surface area contributed by atoms with Gasteiger partial charge in [-0.1, -0.05) is 177 Å². The minimum absolute atomic E-state index is 0.0567. The molecule has 0 heterocycles. The molecule has 0 saturated heterocycles. The molecule has 8 atom stereocenters. The molecule has 1 aliphatic carbocycles. The van der Waals surface area contributed by atoms with E-state index in [0.29, 0.717) is 12.8 Å². The number of esters is 2. The van der Waals surface area contributed by atoms with Crippen LogP contribution in [-0.4, -0.2) is 98.3 Å². The molecule has 1 saturated carbocycles. The molecule has 14 heteroatoms. The van der Waals surface area contributed by atoms with E-state index in [-0.39, 0.29) is 12.8 Å². The zero-order valence-corrected chi connectivity index (χ0v) is 40.2. The van der Waals surface area contributed by atoms with Gasteiger partial charge in [0.2, 0.25) is 0 Å². The van der Waals surface area contributed by atoms with Gasteiger partial charge in [0.05, 0.1) is 6.61 Å². The molecule has 1 aliphatic rings. The van der Waals surface area contributed by atoms with Gasteiger partial charge in [0.15, 0.2) is 6.10 Å². The van der Waals surface area contributed by atoms with Gasteiger partial charge in [-0.15, -0.1) is 0 Å². The molecule has 0 radical (unpaired) electrons. The molecule has 1 rings (SSSR count). The number of rotatable bonds is 40. The molecule has 0 bridgehead atoms. The molecule has 64 heavy (non-hydrogen) atoms. The lowest BCUT2D eigenvalue weighted by molar-refractivity contribution is -0.220. The van der Waals surface area contributed by atoms with Crippen molar-refractivity contribution in [2.24, 2.45) is 0 Å². The van der Waals surface area contributed by atoms with Crippen molar-refractivity contribution in [1.82, 2.24) is 0 Å². The summed E-state index contributed by atoms with van der Waals surface area (Å²) in [5, 5.41) is 50.2. The maximum Gasteiger partial charge on any atom is 0.472 e. The van der Waals surface area contributed by atoms with E-state index >= 15 is 0 Å². The fourth-order valence-corrected chi connectivity index (χ4v) is 8.17. The Balaban J connectivity index is 2.46. The Kier molecular flexibility index (Phi) is 36.9. The van der Waals surface area contributed by atoms with Gasteiger partial charge in [-0.25, -0.2) is 4.57 Å². The van der Waals surface area contributed by atoms with Crippen molar-refractivity contribution in [2.75, 3.05) is 13.2 Å². The first-order chi connectivity index (χ1) is 30.9. The van der Waals surface area contributed by atoms with Crippen LogP contribution in [0.3, 0.4) is 0 Å². The van der Waals surface area contributed by atoms with Crippen LogP contribution < -0.4 is 0 Å². The van der Waals surface area contributed by atoms with Crippen LogP contribution in [0.25, 0.3) is 0 Å². The number of hydrogen-bond acceptors (Lipinski definition) is 12. The Hall–Kier alpha value is -2.45. The number of allylic oxidation sites excluding steroid dienone is 10. The van der Waals surface area contributed by atoms with E-state index in [1.165, 1.54) is 77.0 Å². The van der Waals surface area contributed by atoms with Crippen LogP contribution >= 0.6 is 7.82 Å². The average Bonchev–Trinajstić information content (AvgIpc) is 3.28. The number of phosphoric ester groups is 1. The molecule has 1 fully saturated rings. The number of hydrogen-bond donors (Lipinski definition) is 6. The number of aliphatic hydroxyl groups excluding tert-OH is 5. The number of carbonyl (C=O) groups excluding carboxylic acids is 2. The second-order valence-corrected chi connectivity index (χ2v) is 18.3. The minimum atomic E-state index is -5.13. The molecule has 370 valence electrons. The highest BCUT2D eigenvalue weighted by molar-refractivity contribution is 7.47. The molecule has 6 unspecified atom stereocenters. The number of aliphatic hydroxyl groups is 5. The van der Waals surface area contributed by atoms with Crippen molar-refractivity contribution < 1.29 is 63.1 Å². The SMILES string of the molecule is CC/C=C/C/C=C/C/C=C/C/C=C/C/C=C/CCCCCC(=O)O[C@H](COC(=O)CCCCCCCCCCCCCCCCCC)COP(=O)(O)OC1C(O)C(O)C(O)[C@@H](O)C1O. The van der Waals surface area contributed by atoms with Crippen molar-refractivity contribution >= 4 is 19.8 Å². The summed E-state index contributed by atoms with van der Waals surface area (Å²) >= 11 is 0. The first kappa shape index (κ1) is 59.6. The van der Waals surface area contributed by atoms with Gasteiger partial charge >= 0.3 is 19.8 Å². The van der Waals surface area contributed by atoms with E-state index in [2.05, 4.69) is 74.6 Å². The summed E-state index contributed by atoms with van der Waals surface area (Å²) in [5.74, 6) is -1.13. The fourth-order valence-electron chi connectivity index (χ4n) is 7.20. The lowest BCUT2D eigenvalue weighted by Crippen LogP contribution is -2.64. The maximum atomic E-state index is 12.8. The number of ether oxygens (including phenoxy) is 2. The highest BCUT2D eigenvalue weighted by Crippen LogP contribution is 2.47. The summed E-state index contributed by atoms with van der Waals surface area (Å²) in [7, 11) is -5.13. The Morgan fingerprint density at radius 2 is 0.891 bits per heavy atom. The molecule has 0 aromatic carbocycles. The average molecular weight is 927 g/mol. The predicted molar refractivity (Wildman–Crippen MR) is 253 cm³/mol. The lowest BCUT2D eigenvalue weighted by atomic mass is 9.85. The predicted octanol–water partition coefficient (Wildman–Crippen LogP) is 10.1. The first-order valence-electron chi connectivity index (χ1n) is 24.6. The van der Waals surface area contributed by atoms with Gasteiger partial charge in [-0.05, 0) is 57.8 Å². The third kappa shape index (κ3) is 31.5. The van der Waals surface area contributed by atoms with E-state index in [4.69, 9.17) is 18.5 Å². The molecule has 0 aliphatic heterocycles. The maximum absolute atomic E-state index is 12.8. The van der Waals surface area contributed by atoms with Gasteiger partial charge < -0.3 is 39.9 Å². The minimum Gasteiger partial charge on any atom is -0.462 e. The van der Waals surface area contributed by atoms with Crippen molar-refractivity contribution in [3.8, 4) is 0 Å². The van der Waals surface area contributed by atoms with Crippen LogP contribution in [0.15, 0.2) is 60.8 Å². The summed E-state index contributed by atoms with van der Waals surface area (Å²) in [4.78, 5) is 35.8. The van der Waals surface area contributed by atoms with Gasteiger partial charge in [-0.2, -0.15) is 0 Å². The van der Waals surface area contributed by atoms with Crippen LogP contribution in [0.5, 0.6) is 0 Å². The standard InChI is InChI=1S/C50H87O13P/c1-3-5-7-9-11-13-15-17-19-21-22-23-25-27-29-31-33-35-37-39-44(52)62-42(41-61-64(58,59)63-50-48(56)46(54)45(53)47(55)49(50)57)40-60-43(51)38-36-34-32-30-28-26-24-20-18-16-14-12-10-8-6-4-2/h5,7,11,13,17,19,22-23,27,29,42,45-50,53-57H,3-4,6,8-10,12,14-16,18,20-21,24-26,28,30-41H2,1-2H3,(H,58,59)/b7-5+,13-11+,19-17+,23-22+,29-27+/t42-,45?,46-,47?,48?,49?,50?/m1/s1. The van der Waals surface area contributed by atoms with Crippen LogP contribution in [-0.2, 0) is 32.7 Å². The third-order valence-corrected chi connectivity index (χ3v) is 12.1. The lowest BCUT2D eigenvalue weighted by Gasteiger charge is -2.41. The van der Waals surface area contributed by atoms with Gasteiger partial charge in [0.1, 0.15) is 43.2 Å². The normalized spacial score (nSPS) is 22.1. The summed E-state index contributed by atoms with van der Waals surface area (Å²) in [6, 6.07) is 0. The summed E-state index contributed by atoms with van der Waals surface area (Å²) in [5.41, 5.74) is 0. The topological polar surface area (TPSA) is 210 Å². The Morgan fingerprint density at radius 3 is 1.36 bits per heavy atom. The summed E-state index contributed by atoms with van der Waals surface area (Å²) in [6.45, 7) is 3.17. The largest absolute Gasteiger partial charge is 0.472 e. The highest BCUT2D eigenvalue weighted by atomic mass is 31.2. The highest BCUT2D eigenvalue weighted by Gasteiger charge is 2.51. The van der Waals surface area contributed by atoms with Crippen molar-refractivity contribution in [3.05, 3.63) is 60.8 Å². The molecular formula is C50H87O13P. The van der Waals surface area contributed by atoms with Crippen molar-refractivity contribution in [3.63, 3.8) is 0 Å². The van der Waals surface area contributed by atoms with Crippen molar-refractivity contribution in [1.29, 1.82) is 0 Å². The van der Waals surface area contributed by atoms with Crippen molar-refractivity contribution in [2.45, 2.75) is 230 Å². The van der Waals surface area contributed by atoms with E-state index in [0.717, 1.165) is 70.6 Å². The zero-order valence-electron chi connectivity index (χ0n) is 39.3. The molecule has 0 aromatic rings. The van der Waals surface area contributed by atoms with E-state index in [1.807, 2.05) is 0 Å². The van der Waals surface area contributed by atoms with E-state index in [1.54, 1.807) is 0 Å². The van der Waals surface area contributed by atoms with Crippen LogP contribution in [0.4, 0.5) is 0 Å². The molecule has 13 nitrogen and oxygen atoms in total. The molecule has 0 amide bonds. The monoisotopic (exact) mass is 927 g/mol. The second kappa shape index (κ2) is 39.7. The third-order valence-electron chi connectivity index (χ3n) is 11.1. The van der Waals surface area contributed by atoms with Gasteiger partial charge in [-0.3, -0.25) is 18.6 Å². The fraction of sp³-hybridized carbons (Fsp3) is 0.760. The van der Waals surface area contributed by atoms with Crippen LogP contribution in [0.2, 0.25) is 0 Å². The van der Waals surface area contributed by atoms with Crippen LogP contribution in [0.1, 0.15) is 187 Å². The Labute approximate surface area is 385 Å². The number of phosphoric acid groups is 1. The Bertz CT molecular complexity index is 1350. The number of unbranched alkanes of at least 4 members (excludes halogenated alkanes) is 18. The van der Waals surface area contributed by atoms with Crippen LogP contribution in [0, 0.1) is 0 Å². The van der Waals surface area contributed by atoms with Gasteiger partial charge in [0, 0.05) is 12.8 Å². The molecular weight excluding hydrogens is 840 g/mol. The van der Waals surface area contributed by atoms with Gasteiger partial charge in [0.25, 0.3) is 0 Å². The molecule has 0 spiro atoms. The quantitative estimate of drug-likeness (QED) is 0.0146. The smallest absolute Gasteiger partial charge is 0.462 e. The molecule has 6 N–H and O–H groups in total. The first-order valence-corrected chi connectivity index (χ1v) is 26.1. The van der Waals surface area contributed by atoms with E-state index in [9.17, 15) is 44.6 Å².